The molecule has 7 heteroatoms. The van der Waals surface area contributed by atoms with Gasteiger partial charge in [0.15, 0.2) is 0 Å². The minimum absolute atomic E-state index is 0.506. The van der Waals surface area contributed by atoms with Crippen LogP contribution in [0.4, 0.5) is 5.82 Å². The molecule has 3 heterocycles. The van der Waals surface area contributed by atoms with Crippen molar-refractivity contribution < 1.29 is 4.52 Å². The SMILES string of the molecule is CCn1nc(CNc2nc(C)nc3onc(C)c23)c2ccccc21. The molecule has 0 bridgehead atoms. The molecule has 7 nitrogen and oxygen atoms in total. The maximum Gasteiger partial charge on any atom is 0.263 e. The van der Waals surface area contributed by atoms with Gasteiger partial charge in [-0.05, 0) is 26.8 Å². The summed E-state index contributed by atoms with van der Waals surface area (Å²) in [5.41, 5.74) is 3.41. The molecule has 0 aliphatic carbocycles. The number of rotatable bonds is 4. The van der Waals surface area contributed by atoms with Crippen molar-refractivity contribution in [1.82, 2.24) is 24.9 Å². The van der Waals surface area contributed by atoms with Crippen molar-refractivity contribution in [1.29, 1.82) is 0 Å². The lowest BCUT2D eigenvalue weighted by Gasteiger charge is -2.06. The Hall–Kier alpha value is -2.96. The van der Waals surface area contributed by atoms with Gasteiger partial charge in [0.05, 0.1) is 23.4 Å². The molecule has 1 N–H and O–H groups in total. The van der Waals surface area contributed by atoms with Gasteiger partial charge in [0.25, 0.3) is 5.71 Å². The van der Waals surface area contributed by atoms with Crippen LogP contribution in [0.1, 0.15) is 24.1 Å². The van der Waals surface area contributed by atoms with Crippen LogP contribution in [0.25, 0.3) is 22.0 Å². The fourth-order valence-corrected chi connectivity index (χ4v) is 2.96. The molecule has 0 fully saturated rings. The van der Waals surface area contributed by atoms with E-state index in [0.717, 1.165) is 40.0 Å². The summed E-state index contributed by atoms with van der Waals surface area (Å²) in [7, 11) is 0. The second kappa shape index (κ2) is 5.59. The minimum Gasteiger partial charge on any atom is -0.364 e. The number of fused-ring (bicyclic) bond motifs is 2. The van der Waals surface area contributed by atoms with Gasteiger partial charge >= 0.3 is 0 Å². The van der Waals surface area contributed by atoms with Crippen LogP contribution in [0.5, 0.6) is 0 Å². The van der Waals surface area contributed by atoms with Gasteiger partial charge in [0.1, 0.15) is 17.0 Å². The van der Waals surface area contributed by atoms with E-state index in [1.807, 2.05) is 30.7 Å². The number of anilines is 1. The molecule has 3 aromatic heterocycles. The second-order valence-electron chi connectivity index (χ2n) is 5.70. The topological polar surface area (TPSA) is 81.7 Å². The molecule has 0 aliphatic rings. The lowest BCUT2D eigenvalue weighted by Crippen LogP contribution is -2.05. The van der Waals surface area contributed by atoms with E-state index in [0.29, 0.717) is 18.1 Å². The van der Waals surface area contributed by atoms with Crippen LogP contribution < -0.4 is 5.32 Å². The third-order valence-corrected chi connectivity index (χ3v) is 4.08. The van der Waals surface area contributed by atoms with Crippen molar-refractivity contribution >= 4 is 27.8 Å². The third-order valence-electron chi connectivity index (χ3n) is 4.08. The standard InChI is InChI=1S/C17H18N6O/c1-4-23-14-8-6-5-7-12(14)13(21-23)9-18-16-15-10(2)22-24-17(15)20-11(3)19-16/h5-8H,4,9H2,1-3H3,(H,18,19,20). The minimum atomic E-state index is 0.506. The molecule has 0 atom stereocenters. The summed E-state index contributed by atoms with van der Waals surface area (Å²) in [6, 6.07) is 8.25. The number of hydrogen-bond donors (Lipinski definition) is 1. The van der Waals surface area contributed by atoms with Gasteiger partial charge in [-0.1, -0.05) is 23.4 Å². The van der Waals surface area contributed by atoms with Crippen molar-refractivity contribution in [2.75, 3.05) is 5.32 Å². The van der Waals surface area contributed by atoms with Crippen LogP contribution in [0.15, 0.2) is 28.8 Å². The number of hydrogen-bond acceptors (Lipinski definition) is 6. The van der Waals surface area contributed by atoms with Crippen LogP contribution >= 0.6 is 0 Å². The third kappa shape index (κ3) is 2.29. The number of nitrogens with one attached hydrogen (secondary N) is 1. The van der Waals surface area contributed by atoms with Crippen LogP contribution in [0.3, 0.4) is 0 Å². The van der Waals surface area contributed by atoms with Gasteiger partial charge in [-0.15, -0.1) is 0 Å². The van der Waals surface area contributed by atoms with Crippen molar-refractivity contribution in [2.24, 2.45) is 0 Å². The van der Waals surface area contributed by atoms with Gasteiger partial charge < -0.3 is 9.84 Å². The Morgan fingerprint density at radius 3 is 2.83 bits per heavy atom. The molecule has 4 rings (SSSR count). The maximum atomic E-state index is 5.25. The van der Waals surface area contributed by atoms with Gasteiger partial charge in [0.2, 0.25) is 0 Å². The van der Waals surface area contributed by atoms with E-state index >= 15 is 0 Å². The summed E-state index contributed by atoms with van der Waals surface area (Å²) >= 11 is 0. The summed E-state index contributed by atoms with van der Waals surface area (Å²) < 4.78 is 7.26. The summed E-state index contributed by atoms with van der Waals surface area (Å²) in [6.07, 6.45) is 0. The van der Waals surface area contributed by atoms with Crippen LogP contribution in [0, 0.1) is 13.8 Å². The Morgan fingerprint density at radius 1 is 1.17 bits per heavy atom. The molecule has 0 amide bonds. The van der Waals surface area contributed by atoms with E-state index in [9.17, 15) is 0 Å². The number of aryl methyl sites for hydroxylation is 3. The van der Waals surface area contributed by atoms with E-state index in [2.05, 4.69) is 39.5 Å². The van der Waals surface area contributed by atoms with Crippen LogP contribution in [-0.2, 0) is 13.1 Å². The highest BCUT2D eigenvalue weighted by Gasteiger charge is 2.15. The average molecular weight is 322 g/mol. The molecule has 0 unspecified atom stereocenters. The maximum absolute atomic E-state index is 5.25. The number of aromatic nitrogens is 5. The summed E-state index contributed by atoms with van der Waals surface area (Å²) in [4.78, 5) is 8.78. The fraction of sp³-hybridized carbons (Fsp3) is 0.294. The zero-order valence-corrected chi connectivity index (χ0v) is 13.9. The Morgan fingerprint density at radius 2 is 2.00 bits per heavy atom. The first-order valence-corrected chi connectivity index (χ1v) is 7.96. The van der Waals surface area contributed by atoms with Gasteiger partial charge in [-0.2, -0.15) is 10.1 Å². The first kappa shape index (κ1) is 14.6. The molecule has 122 valence electrons. The first-order chi connectivity index (χ1) is 11.7. The average Bonchev–Trinajstić information content (AvgIpc) is 3.13. The van der Waals surface area contributed by atoms with Crippen molar-refractivity contribution in [3.05, 3.63) is 41.5 Å². The Balaban J connectivity index is 1.72. The molecule has 0 saturated heterocycles. The first-order valence-electron chi connectivity index (χ1n) is 7.96. The molecule has 0 saturated carbocycles. The van der Waals surface area contributed by atoms with Crippen LogP contribution in [-0.4, -0.2) is 24.9 Å². The highest BCUT2D eigenvalue weighted by atomic mass is 16.5. The zero-order valence-electron chi connectivity index (χ0n) is 13.9. The highest BCUT2D eigenvalue weighted by Crippen LogP contribution is 2.25. The fourth-order valence-electron chi connectivity index (χ4n) is 2.96. The lowest BCUT2D eigenvalue weighted by molar-refractivity contribution is 0.442. The Kier molecular flexibility index (Phi) is 3.41. The normalized spacial score (nSPS) is 11.5. The molecule has 4 aromatic rings. The lowest BCUT2D eigenvalue weighted by atomic mass is 10.2. The van der Waals surface area contributed by atoms with Crippen molar-refractivity contribution in [3.63, 3.8) is 0 Å². The molecule has 1 aromatic carbocycles. The predicted octanol–water partition coefficient (Wildman–Crippen LogP) is 3.22. The Labute approximate surface area is 138 Å². The number of nitrogens with zero attached hydrogens (tertiary/aromatic N) is 5. The van der Waals surface area contributed by atoms with Gasteiger partial charge in [0, 0.05) is 11.9 Å². The quantitative estimate of drug-likeness (QED) is 0.621. The second-order valence-corrected chi connectivity index (χ2v) is 5.70. The monoisotopic (exact) mass is 322 g/mol. The van der Waals surface area contributed by atoms with Crippen molar-refractivity contribution in [3.8, 4) is 0 Å². The van der Waals surface area contributed by atoms with E-state index in [1.54, 1.807) is 0 Å². The molecule has 0 radical (unpaired) electrons. The van der Waals surface area contributed by atoms with Crippen molar-refractivity contribution in [2.45, 2.75) is 33.9 Å². The van der Waals surface area contributed by atoms with Gasteiger partial charge in [-0.25, -0.2) is 4.98 Å². The Bertz CT molecular complexity index is 1030. The smallest absolute Gasteiger partial charge is 0.263 e. The molecular weight excluding hydrogens is 304 g/mol. The molecule has 0 aliphatic heterocycles. The number of benzene rings is 1. The summed E-state index contributed by atoms with van der Waals surface area (Å²) in [5, 5.41) is 14.0. The summed E-state index contributed by atoms with van der Waals surface area (Å²) in [6.45, 7) is 7.22. The van der Waals surface area contributed by atoms with Crippen LogP contribution in [0.2, 0.25) is 0 Å². The molecule has 0 spiro atoms. The van der Waals surface area contributed by atoms with E-state index in [-0.39, 0.29) is 0 Å². The molecular formula is C17H18N6O. The zero-order chi connectivity index (χ0) is 16.7. The predicted molar refractivity (Wildman–Crippen MR) is 91.8 cm³/mol. The highest BCUT2D eigenvalue weighted by molar-refractivity contribution is 5.88. The molecule has 24 heavy (non-hydrogen) atoms. The van der Waals surface area contributed by atoms with Gasteiger partial charge in [-0.3, -0.25) is 4.68 Å². The van der Waals surface area contributed by atoms with E-state index in [4.69, 9.17) is 9.62 Å². The summed E-state index contributed by atoms with van der Waals surface area (Å²) in [5.74, 6) is 1.37. The largest absolute Gasteiger partial charge is 0.364 e. The van der Waals surface area contributed by atoms with E-state index in [1.165, 1.54) is 0 Å². The van der Waals surface area contributed by atoms with E-state index < -0.39 is 0 Å². The number of para-hydroxylation sites is 1.